The number of halogens is 1. The van der Waals surface area contributed by atoms with Crippen LogP contribution in [0, 0.1) is 0 Å². The van der Waals surface area contributed by atoms with Crippen LogP contribution < -0.4 is 4.74 Å². The Hall–Kier alpha value is -1.07. The molecule has 0 heterocycles. The molecule has 1 rings (SSSR count). The first-order valence-electron chi connectivity index (χ1n) is 5.72. The lowest BCUT2D eigenvalue weighted by atomic mass is 10.2. The number of hydrogen-bond donors (Lipinski definition) is 0. The maximum atomic E-state index is 11.2. The Morgan fingerprint density at radius 1 is 1.39 bits per heavy atom. The summed E-state index contributed by atoms with van der Waals surface area (Å²) in [4.78, 5) is 13.3. The third-order valence-electron chi connectivity index (χ3n) is 2.65. The van der Waals surface area contributed by atoms with E-state index in [1.54, 1.807) is 7.11 Å². The summed E-state index contributed by atoms with van der Waals surface area (Å²) in [6.07, 6.45) is 0. The second-order valence-corrected chi connectivity index (χ2v) is 4.70. The lowest BCUT2D eigenvalue weighted by molar-refractivity contribution is -0.142. The van der Waals surface area contributed by atoms with Crippen LogP contribution in [0.2, 0.25) is 0 Å². The fraction of sp³-hybridized carbons (Fsp3) is 0.462. The van der Waals surface area contributed by atoms with Gasteiger partial charge in [0.25, 0.3) is 0 Å². The zero-order chi connectivity index (χ0) is 13.5. The number of hydrogen-bond acceptors (Lipinski definition) is 4. The van der Waals surface area contributed by atoms with Gasteiger partial charge in [0, 0.05) is 6.54 Å². The summed E-state index contributed by atoms with van der Waals surface area (Å²) in [5.74, 6) is 0.583. The van der Waals surface area contributed by atoms with Crippen LogP contribution in [0.3, 0.4) is 0 Å². The van der Waals surface area contributed by atoms with Crippen molar-refractivity contribution in [1.82, 2.24) is 4.90 Å². The lowest BCUT2D eigenvalue weighted by Crippen LogP contribution is -2.29. The average molecular weight is 316 g/mol. The number of likely N-dealkylation sites (N-methyl/N-ethyl adjacent to an activating group) is 1. The highest BCUT2D eigenvalue weighted by Gasteiger charge is 2.10. The number of nitrogens with zero attached hydrogens (tertiary/aromatic N) is 1. The van der Waals surface area contributed by atoms with Crippen LogP contribution in [-0.2, 0) is 16.1 Å². The minimum Gasteiger partial charge on any atom is -0.496 e. The number of rotatable bonds is 6. The molecule has 1 aromatic rings. The van der Waals surface area contributed by atoms with E-state index in [0.29, 0.717) is 13.1 Å². The Labute approximate surface area is 116 Å². The van der Waals surface area contributed by atoms with Gasteiger partial charge in [0.05, 0.1) is 25.2 Å². The van der Waals surface area contributed by atoms with Crippen molar-refractivity contribution in [2.24, 2.45) is 0 Å². The second kappa shape index (κ2) is 7.38. The van der Waals surface area contributed by atoms with E-state index in [9.17, 15) is 4.79 Å². The summed E-state index contributed by atoms with van der Waals surface area (Å²) in [6.45, 7) is 3.81. The Kier molecular flexibility index (Phi) is 6.15. The van der Waals surface area contributed by atoms with E-state index < -0.39 is 0 Å². The predicted octanol–water partition coefficient (Wildman–Crippen LogP) is 2.45. The molecule has 0 atom stereocenters. The SMILES string of the molecule is CCN(CC(=O)OC)Cc1ccc(OC)c(Br)c1. The molecule has 0 amide bonds. The van der Waals surface area contributed by atoms with Crippen molar-refractivity contribution >= 4 is 21.9 Å². The van der Waals surface area contributed by atoms with Crippen LogP contribution in [0.15, 0.2) is 22.7 Å². The highest BCUT2D eigenvalue weighted by atomic mass is 79.9. The molecule has 4 nitrogen and oxygen atoms in total. The molecule has 18 heavy (non-hydrogen) atoms. The molecule has 0 aromatic heterocycles. The minimum absolute atomic E-state index is 0.218. The molecule has 100 valence electrons. The first-order valence-corrected chi connectivity index (χ1v) is 6.51. The van der Waals surface area contributed by atoms with Crippen molar-refractivity contribution < 1.29 is 14.3 Å². The first-order chi connectivity index (χ1) is 8.60. The Morgan fingerprint density at radius 2 is 2.11 bits per heavy atom. The van der Waals surface area contributed by atoms with E-state index in [2.05, 4.69) is 20.7 Å². The van der Waals surface area contributed by atoms with E-state index >= 15 is 0 Å². The van der Waals surface area contributed by atoms with Crippen molar-refractivity contribution in [2.45, 2.75) is 13.5 Å². The van der Waals surface area contributed by atoms with Gasteiger partial charge in [-0.05, 0) is 40.2 Å². The van der Waals surface area contributed by atoms with Gasteiger partial charge in [-0.25, -0.2) is 0 Å². The topological polar surface area (TPSA) is 38.8 Å². The first kappa shape index (κ1) is 15.0. The van der Waals surface area contributed by atoms with Crippen molar-refractivity contribution in [2.75, 3.05) is 27.3 Å². The Bertz CT molecular complexity index is 409. The van der Waals surface area contributed by atoms with Gasteiger partial charge in [-0.15, -0.1) is 0 Å². The van der Waals surface area contributed by atoms with E-state index in [-0.39, 0.29) is 5.97 Å². The van der Waals surface area contributed by atoms with Gasteiger partial charge >= 0.3 is 5.97 Å². The van der Waals surface area contributed by atoms with Crippen molar-refractivity contribution in [3.8, 4) is 5.75 Å². The molecule has 0 aliphatic carbocycles. The summed E-state index contributed by atoms with van der Waals surface area (Å²) in [5, 5.41) is 0. The van der Waals surface area contributed by atoms with Crippen LogP contribution in [0.5, 0.6) is 5.75 Å². The van der Waals surface area contributed by atoms with E-state index in [4.69, 9.17) is 4.74 Å². The zero-order valence-electron chi connectivity index (χ0n) is 10.9. The zero-order valence-corrected chi connectivity index (χ0v) is 12.5. The number of benzene rings is 1. The van der Waals surface area contributed by atoms with Gasteiger partial charge in [-0.3, -0.25) is 9.69 Å². The van der Waals surface area contributed by atoms with Gasteiger partial charge < -0.3 is 9.47 Å². The molecule has 1 aromatic carbocycles. The molecular formula is C13H18BrNO3. The molecule has 0 saturated heterocycles. The number of ether oxygens (including phenoxy) is 2. The van der Waals surface area contributed by atoms with Gasteiger partial charge in [0.1, 0.15) is 5.75 Å². The quantitative estimate of drug-likeness (QED) is 0.756. The second-order valence-electron chi connectivity index (χ2n) is 3.85. The monoisotopic (exact) mass is 315 g/mol. The Morgan fingerprint density at radius 3 is 2.61 bits per heavy atom. The number of esters is 1. The molecule has 0 unspecified atom stereocenters. The van der Waals surface area contributed by atoms with Crippen LogP contribution in [-0.4, -0.2) is 38.2 Å². The standard InChI is InChI=1S/C13H18BrNO3/c1-4-15(9-13(16)18-3)8-10-5-6-12(17-2)11(14)7-10/h5-7H,4,8-9H2,1-3H3. The fourth-order valence-corrected chi connectivity index (χ4v) is 2.18. The molecular weight excluding hydrogens is 298 g/mol. The molecule has 0 aliphatic rings. The normalized spacial score (nSPS) is 10.5. The predicted molar refractivity (Wildman–Crippen MR) is 73.7 cm³/mol. The smallest absolute Gasteiger partial charge is 0.319 e. The lowest BCUT2D eigenvalue weighted by Gasteiger charge is -2.19. The summed E-state index contributed by atoms with van der Waals surface area (Å²) in [7, 11) is 3.04. The molecule has 0 fully saturated rings. The van der Waals surface area contributed by atoms with Crippen LogP contribution in [0.4, 0.5) is 0 Å². The van der Waals surface area contributed by atoms with Gasteiger partial charge in [0.2, 0.25) is 0 Å². The molecule has 0 bridgehead atoms. The summed E-state index contributed by atoms with van der Waals surface area (Å²) in [5.41, 5.74) is 1.12. The minimum atomic E-state index is -0.218. The van der Waals surface area contributed by atoms with Crippen molar-refractivity contribution in [3.05, 3.63) is 28.2 Å². The van der Waals surface area contributed by atoms with Crippen LogP contribution in [0.25, 0.3) is 0 Å². The van der Waals surface area contributed by atoms with Gasteiger partial charge in [-0.1, -0.05) is 13.0 Å². The van der Waals surface area contributed by atoms with Crippen LogP contribution >= 0.6 is 15.9 Å². The third-order valence-corrected chi connectivity index (χ3v) is 3.27. The Balaban J connectivity index is 2.70. The largest absolute Gasteiger partial charge is 0.496 e. The highest BCUT2D eigenvalue weighted by molar-refractivity contribution is 9.10. The van der Waals surface area contributed by atoms with Gasteiger partial charge in [0.15, 0.2) is 0 Å². The summed E-state index contributed by atoms with van der Waals surface area (Å²) < 4.78 is 10.8. The summed E-state index contributed by atoms with van der Waals surface area (Å²) in [6, 6.07) is 5.90. The van der Waals surface area contributed by atoms with E-state index in [1.807, 2.05) is 30.0 Å². The fourth-order valence-electron chi connectivity index (χ4n) is 1.59. The summed E-state index contributed by atoms with van der Waals surface area (Å²) >= 11 is 3.45. The highest BCUT2D eigenvalue weighted by Crippen LogP contribution is 2.25. The van der Waals surface area contributed by atoms with E-state index in [0.717, 1.165) is 22.3 Å². The molecule has 0 saturated carbocycles. The third kappa shape index (κ3) is 4.31. The van der Waals surface area contributed by atoms with E-state index in [1.165, 1.54) is 7.11 Å². The average Bonchev–Trinajstić information content (AvgIpc) is 2.38. The molecule has 0 N–H and O–H groups in total. The van der Waals surface area contributed by atoms with Crippen LogP contribution in [0.1, 0.15) is 12.5 Å². The maximum Gasteiger partial charge on any atom is 0.319 e. The molecule has 5 heteroatoms. The van der Waals surface area contributed by atoms with Crippen molar-refractivity contribution in [3.63, 3.8) is 0 Å². The maximum absolute atomic E-state index is 11.2. The molecule has 0 spiro atoms. The molecule has 0 aliphatic heterocycles. The van der Waals surface area contributed by atoms with Gasteiger partial charge in [-0.2, -0.15) is 0 Å². The van der Waals surface area contributed by atoms with Crippen molar-refractivity contribution in [1.29, 1.82) is 0 Å². The number of methoxy groups -OCH3 is 2. The number of carbonyl (C=O) groups excluding carboxylic acids is 1. The molecule has 0 radical (unpaired) electrons. The number of carbonyl (C=O) groups is 1.